The van der Waals surface area contributed by atoms with Gasteiger partial charge in [0.05, 0.1) is 6.61 Å². The van der Waals surface area contributed by atoms with E-state index in [1.54, 1.807) is 0 Å². The van der Waals surface area contributed by atoms with E-state index in [-0.39, 0.29) is 5.97 Å². The van der Waals surface area contributed by atoms with Gasteiger partial charge in [0, 0.05) is 6.42 Å². The van der Waals surface area contributed by atoms with Crippen LogP contribution < -0.4 is 0 Å². The third-order valence-electron chi connectivity index (χ3n) is 1.40. The number of unbranched alkanes of at least 4 members (excludes halogenated alkanes) is 2. The highest BCUT2D eigenvalue weighted by Crippen LogP contribution is 2.00. The molecule has 0 amide bonds. The second kappa shape index (κ2) is 7.58. The highest BCUT2D eigenvalue weighted by atomic mass is 16.5. The fraction of sp³-hybridized carbons (Fsp3) is 0.778. The zero-order valence-corrected chi connectivity index (χ0v) is 7.43. The molecule has 11 heavy (non-hydrogen) atoms. The Morgan fingerprint density at radius 2 is 2.18 bits per heavy atom. The van der Waals surface area contributed by atoms with E-state index in [4.69, 9.17) is 4.74 Å². The van der Waals surface area contributed by atoms with Crippen molar-refractivity contribution in [2.75, 3.05) is 6.61 Å². The Hall–Kier alpha value is -0.530. The van der Waals surface area contributed by atoms with Crippen molar-refractivity contribution in [3.05, 3.63) is 6.42 Å². The molecule has 0 fully saturated rings. The molecule has 0 saturated heterocycles. The van der Waals surface area contributed by atoms with E-state index in [1.807, 2.05) is 13.3 Å². The molecule has 0 saturated carbocycles. The lowest BCUT2D eigenvalue weighted by molar-refractivity contribution is -0.142. The molecule has 0 aromatic rings. The first kappa shape index (κ1) is 10.5. The molecule has 0 aromatic carbocycles. The van der Waals surface area contributed by atoms with Crippen molar-refractivity contribution in [1.29, 1.82) is 0 Å². The summed E-state index contributed by atoms with van der Waals surface area (Å²) in [5, 5.41) is 0. The second-order valence-electron chi connectivity index (χ2n) is 2.55. The summed E-state index contributed by atoms with van der Waals surface area (Å²) in [7, 11) is 0. The van der Waals surface area contributed by atoms with Crippen molar-refractivity contribution in [1.82, 2.24) is 0 Å². The summed E-state index contributed by atoms with van der Waals surface area (Å²) in [5.41, 5.74) is 0. The van der Waals surface area contributed by atoms with Crippen LogP contribution in [0.15, 0.2) is 0 Å². The Labute approximate surface area is 68.9 Å². The molecule has 0 aromatic heterocycles. The molecule has 0 aliphatic heterocycles. The van der Waals surface area contributed by atoms with E-state index >= 15 is 0 Å². The number of esters is 1. The molecule has 0 rings (SSSR count). The molecule has 0 N–H and O–H groups in total. The van der Waals surface area contributed by atoms with Crippen LogP contribution in [0.1, 0.15) is 39.5 Å². The lowest BCUT2D eigenvalue weighted by atomic mass is 10.2. The minimum absolute atomic E-state index is 0.0726. The van der Waals surface area contributed by atoms with Crippen molar-refractivity contribution < 1.29 is 9.53 Å². The zero-order valence-electron chi connectivity index (χ0n) is 7.43. The number of carbonyl (C=O) groups excluding carboxylic acids is 1. The fourth-order valence-corrected chi connectivity index (χ4v) is 0.768. The molecule has 0 atom stereocenters. The third kappa shape index (κ3) is 7.37. The van der Waals surface area contributed by atoms with Crippen LogP contribution in [-0.4, -0.2) is 12.6 Å². The lowest BCUT2D eigenvalue weighted by Crippen LogP contribution is -2.04. The van der Waals surface area contributed by atoms with Crippen LogP contribution in [0.5, 0.6) is 0 Å². The Bertz CT molecular complexity index is 99.7. The number of rotatable bonds is 6. The molecule has 1 radical (unpaired) electrons. The fourth-order valence-electron chi connectivity index (χ4n) is 0.768. The Morgan fingerprint density at radius 3 is 2.73 bits per heavy atom. The van der Waals surface area contributed by atoms with Crippen molar-refractivity contribution in [2.45, 2.75) is 39.5 Å². The maximum absolute atomic E-state index is 10.8. The van der Waals surface area contributed by atoms with E-state index < -0.39 is 0 Å². The molecule has 0 aliphatic carbocycles. The van der Waals surface area contributed by atoms with Crippen LogP contribution in [0.4, 0.5) is 0 Å². The van der Waals surface area contributed by atoms with Crippen LogP contribution in [0.2, 0.25) is 0 Å². The largest absolute Gasteiger partial charge is 0.465 e. The molecule has 2 nitrogen and oxygen atoms in total. The van der Waals surface area contributed by atoms with Crippen molar-refractivity contribution in [3.8, 4) is 0 Å². The molecule has 0 unspecified atom stereocenters. The highest BCUT2D eigenvalue weighted by Gasteiger charge is 1.99. The minimum Gasteiger partial charge on any atom is -0.465 e. The van der Waals surface area contributed by atoms with E-state index in [9.17, 15) is 4.79 Å². The normalized spacial score (nSPS) is 9.64. The van der Waals surface area contributed by atoms with Gasteiger partial charge < -0.3 is 4.74 Å². The van der Waals surface area contributed by atoms with Gasteiger partial charge in [0.1, 0.15) is 0 Å². The van der Waals surface area contributed by atoms with Crippen molar-refractivity contribution in [2.24, 2.45) is 0 Å². The van der Waals surface area contributed by atoms with Crippen LogP contribution in [0.3, 0.4) is 0 Å². The molecular weight excluding hydrogens is 140 g/mol. The van der Waals surface area contributed by atoms with Gasteiger partial charge in [-0.05, 0) is 12.8 Å². The van der Waals surface area contributed by atoms with Crippen molar-refractivity contribution >= 4 is 5.97 Å². The number of ether oxygens (including phenoxy) is 1. The van der Waals surface area contributed by atoms with Gasteiger partial charge in [-0.15, -0.1) is 0 Å². The molecule has 0 heterocycles. The van der Waals surface area contributed by atoms with Crippen LogP contribution >= 0.6 is 0 Å². The lowest BCUT2D eigenvalue weighted by Gasteiger charge is -2.01. The predicted octanol–water partition coefficient (Wildman–Crippen LogP) is 2.33. The summed E-state index contributed by atoms with van der Waals surface area (Å²) < 4.78 is 4.84. The van der Waals surface area contributed by atoms with E-state index in [1.165, 1.54) is 0 Å². The highest BCUT2D eigenvalue weighted by molar-refractivity contribution is 5.69. The van der Waals surface area contributed by atoms with Gasteiger partial charge in [0.2, 0.25) is 0 Å². The topological polar surface area (TPSA) is 26.3 Å². The van der Waals surface area contributed by atoms with Crippen LogP contribution in [-0.2, 0) is 9.53 Å². The molecular formula is C9H17O2. The summed E-state index contributed by atoms with van der Waals surface area (Å²) in [6, 6.07) is 0. The molecule has 0 spiro atoms. The summed E-state index contributed by atoms with van der Waals surface area (Å²) in [6.07, 6.45) is 5.62. The average Bonchev–Trinajstić information content (AvgIpc) is 2.01. The summed E-state index contributed by atoms with van der Waals surface area (Å²) in [6.45, 7) is 4.44. The van der Waals surface area contributed by atoms with E-state index in [0.717, 1.165) is 19.3 Å². The molecule has 2 heteroatoms. The van der Waals surface area contributed by atoms with Crippen molar-refractivity contribution in [3.63, 3.8) is 0 Å². The average molecular weight is 157 g/mol. The summed E-state index contributed by atoms with van der Waals surface area (Å²) >= 11 is 0. The van der Waals surface area contributed by atoms with Gasteiger partial charge in [0.15, 0.2) is 0 Å². The summed E-state index contributed by atoms with van der Waals surface area (Å²) in [5.74, 6) is -0.0726. The standard InChI is InChI=1S/C9H17O2/c1-3-5-6-7-9(10)11-8-4-2/h4H,3,5-8H2,1-2H3. The molecule has 0 aliphatic rings. The predicted molar refractivity (Wildman–Crippen MR) is 45.1 cm³/mol. The smallest absolute Gasteiger partial charge is 0.305 e. The number of hydrogen-bond donors (Lipinski definition) is 0. The number of hydrogen-bond acceptors (Lipinski definition) is 2. The minimum atomic E-state index is -0.0726. The van der Waals surface area contributed by atoms with Gasteiger partial charge in [-0.2, -0.15) is 0 Å². The number of carbonyl (C=O) groups is 1. The zero-order chi connectivity index (χ0) is 8.53. The van der Waals surface area contributed by atoms with Crippen LogP contribution in [0.25, 0.3) is 0 Å². The first-order valence-corrected chi connectivity index (χ1v) is 4.24. The molecule has 65 valence electrons. The van der Waals surface area contributed by atoms with E-state index in [0.29, 0.717) is 13.0 Å². The quantitative estimate of drug-likeness (QED) is 0.437. The van der Waals surface area contributed by atoms with Gasteiger partial charge >= 0.3 is 5.97 Å². The molecule has 0 bridgehead atoms. The van der Waals surface area contributed by atoms with Gasteiger partial charge in [-0.1, -0.05) is 26.7 Å². The van der Waals surface area contributed by atoms with Gasteiger partial charge in [-0.25, -0.2) is 0 Å². The summed E-state index contributed by atoms with van der Waals surface area (Å²) in [4.78, 5) is 10.8. The Kier molecular flexibility index (Phi) is 7.21. The SMILES string of the molecule is C[CH]COC(=O)CCCCC. The second-order valence-corrected chi connectivity index (χ2v) is 2.55. The monoisotopic (exact) mass is 157 g/mol. The maximum Gasteiger partial charge on any atom is 0.305 e. The van der Waals surface area contributed by atoms with Gasteiger partial charge in [-0.3, -0.25) is 4.79 Å². The first-order valence-electron chi connectivity index (χ1n) is 4.24. The van der Waals surface area contributed by atoms with Gasteiger partial charge in [0.25, 0.3) is 0 Å². The van der Waals surface area contributed by atoms with Crippen LogP contribution in [0, 0.1) is 6.42 Å². The first-order chi connectivity index (χ1) is 5.31. The Balaban J connectivity index is 3.09. The third-order valence-corrected chi connectivity index (χ3v) is 1.40. The Morgan fingerprint density at radius 1 is 1.45 bits per heavy atom. The maximum atomic E-state index is 10.8. The van der Waals surface area contributed by atoms with E-state index in [2.05, 4.69) is 6.92 Å².